The molecular weight excluding hydrogens is 208 g/mol. The number of aryl methyl sites for hydroxylation is 1. The molecule has 1 nitrogen and oxygen atoms in total. The van der Waals surface area contributed by atoms with Crippen LogP contribution in [-0.2, 0) is 6.42 Å². The molecular formula is C16H26O. The summed E-state index contributed by atoms with van der Waals surface area (Å²) in [5, 5.41) is 0. The minimum absolute atomic E-state index is 0.718. The molecule has 0 aliphatic rings. The smallest absolute Gasteiger partial charge is 0.119 e. The number of hydrogen-bond acceptors (Lipinski definition) is 1. The van der Waals surface area contributed by atoms with Crippen molar-refractivity contribution in [2.75, 3.05) is 6.61 Å². The van der Waals surface area contributed by atoms with Gasteiger partial charge in [-0.15, -0.1) is 0 Å². The molecule has 0 N–H and O–H groups in total. The van der Waals surface area contributed by atoms with Crippen molar-refractivity contribution in [3.63, 3.8) is 0 Å². The highest BCUT2D eigenvalue weighted by Gasteiger charge is 2.07. The van der Waals surface area contributed by atoms with Gasteiger partial charge >= 0.3 is 0 Å². The predicted octanol–water partition coefficient (Wildman–Crippen LogP) is 4.84. The molecule has 0 saturated heterocycles. The Balaban J connectivity index is 2.46. The van der Waals surface area contributed by atoms with Crippen molar-refractivity contribution in [1.82, 2.24) is 0 Å². The summed E-state index contributed by atoms with van der Waals surface area (Å²) in [6.07, 6.45) is 6.14. The van der Waals surface area contributed by atoms with Crippen molar-refractivity contribution < 1.29 is 4.74 Å². The molecule has 0 heterocycles. The highest BCUT2D eigenvalue weighted by atomic mass is 16.5. The average Bonchev–Trinajstić information content (AvgIpc) is 2.37. The Labute approximate surface area is 106 Å². The van der Waals surface area contributed by atoms with Crippen LogP contribution in [-0.4, -0.2) is 6.61 Å². The Morgan fingerprint density at radius 3 is 2.35 bits per heavy atom. The third-order valence-corrected chi connectivity index (χ3v) is 3.19. The second kappa shape index (κ2) is 8.16. The molecule has 0 radical (unpaired) electrons. The molecule has 0 spiro atoms. The van der Waals surface area contributed by atoms with Crippen LogP contribution in [0.2, 0.25) is 0 Å². The number of ether oxygens (including phenoxy) is 1. The maximum Gasteiger partial charge on any atom is 0.119 e. The highest BCUT2D eigenvalue weighted by Crippen LogP contribution is 2.18. The van der Waals surface area contributed by atoms with Crippen molar-refractivity contribution >= 4 is 0 Å². The van der Waals surface area contributed by atoms with Crippen molar-refractivity contribution in [2.24, 2.45) is 5.92 Å². The molecule has 0 aliphatic heterocycles. The van der Waals surface area contributed by atoms with Gasteiger partial charge in [0.25, 0.3) is 0 Å². The van der Waals surface area contributed by atoms with Crippen LogP contribution in [0, 0.1) is 5.92 Å². The lowest BCUT2D eigenvalue weighted by Crippen LogP contribution is -2.11. The monoisotopic (exact) mass is 234 g/mol. The molecule has 1 heteroatoms. The van der Waals surface area contributed by atoms with Crippen LogP contribution in [0.4, 0.5) is 0 Å². The minimum atomic E-state index is 0.718. The first-order valence-electron chi connectivity index (χ1n) is 7.01. The molecule has 96 valence electrons. The minimum Gasteiger partial charge on any atom is -0.493 e. The summed E-state index contributed by atoms with van der Waals surface area (Å²) in [7, 11) is 0. The highest BCUT2D eigenvalue weighted by molar-refractivity contribution is 5.28. The molecule has 0 saturated carbocycles. The molecule has 0 aromatic heterocycles. The molecule has 0 atom stereocenters. The predicted molar refractivity (Wildman–Crippen MR) is 74.6 cm³/mol. The largest absolute Gasteiger partial charge is 0.493 e. The SMILES string of the molecule is CCCC(CCC)COc1cccc(CC)c1. The fraction of sp³-hybridized carbons (Fsp3) is 0.625. The fourth-order valence-electron chi connectivity index (χ4n) is 2.20. The average molecular weight is 234 g/mol. The van der Waals surface area contributed by atoms with Gasteiger partial charge in [-0.1, -0.05) is 45.7 Å². The van der Waals surface area contributed by atoms with Crippen molar-refractivity contribution in [3.8, 4) is 5.75 Å². The summed E-state index contributed by atoms with van der Waals surface area (Å²) in [5.41, 5.74) is 1.35. The van der Waals surface area contributed by atoms with Gasteiger partial charge < -0.3 is 4.74 Å². The summed E-state index contributed by atoms with van der Waals surface area (Å²) in [6, 6.07) is 8.47. The Bertz CT molecular complexity index is 300. The Morgan fingerprint density at radius 2 is 1.76 bits per heavy atom. The van der Waals surface area contributed by atoms with Gasteiger partial charge in [-0.05, 0) is 42.9 Å². The Hall–Kier alpha value is -0.980. The van der Waals surface area contributed by atoms with E-state index >= 15 is 0 Å². The van der Waals surface area contributed by atoms with Crippen LogP contribution in [0.3, 0.4) is 0 Å². The normalized spacial score (nSPS) is 10.8. The zero-order chi connectivity index (χ0) is 12.5. The topological polar surface area (TPSA) is 9.23 Å². The second-order valence-electron chi connectivity index (χ2n) is 4.76. The first-order chi connectivity index (χ1) is 8.30. The molecule has 1 aromatic carbocycles. The molecule has 0 bridgehead atoms. The zero-order valence-corrected chi connectivity index (χ0v) is 11.5. The van der Waals surface area contributed by atoms with E-state index in [2.05, 4.69) is 45.0 Å². The molecule has 1 rings (SSSR count). The summed E-state index contributed by atoms with van der Waals surface area (Å²) in [5.74, 6) is 1.75. The lowest BCUT2D eigenvalue weighted by atomic mass is 9.99. The lowest BCUT2D eigenvalue weighted by molar-refractivity contribution is 0.229. The first-order valence-corrected chi connectivity index (χ1v) is 7.01. The van der Waals surface area contributed by atoms with Gasteiger partial charge in [-0.3, -0.25) is 0 Å². The van der Waals surface area contributed by atoms with E-state index in [1.54, 1.807) is 0 Å². The van der Waals surface area contributed by atoms with Crippen LogP contribution in [0.5, 0.6) is 5.75 Å². The van der Waals surface area contributed by atoms with Crippen molar-refractivity contribution in [2.45, 2.75) is 52.9 Å². The van der Waals surface area contributed by atoms with Gasteiger partial charge in [0.15, 0.2) is 0 Å². The Kier molecular flexibility index (Phi) is 6.76. The van der Waals surface area contributed by atoms with Gasteiger partial charge in [0.05, 0.1) is 6.61 Å². The molecule has 1 aromatic rings. The molecule has 0 amide bonds. The van der Waals surface area contributed by atoms with E-state index in [0.717, 1.165) is 24.7 Å². The van der Waals surface area contributed by atoms with Crippen molar-refractivity contribution in [3.05, 3.63) is 29.8 Å². The second-order valence-corrected chi connectivity index (χ2v) is 4.76. The maximum atomic E-state index is 5.92. The van der Waals surface area contributed by atoms with Crippen LogP contribution in [0.1, 0.15) is 52.0 Å². The molecule has 0 aliphatic carbocycles. The zero-order valence-electron chi connectivity index (χ0n) is 11.5. The summed E-state index contributed by atoms with van der Waals surface area (Å²) >= 11 is 0. The van der Waals surface area contributed by atoms with Gasteiger partial charge in [-0.25, -0.2) is 0 Å². The number of hydrogen-bond donors (Lipinski definition) is 0. The summed E-state index contributed by atoms with van der Waals surface area (Å²) < 4.78 is 5.92. The van der Waals surface area contributed by atoms with Crippen LogP contribution in [0.15, 0.2) is 24.3 Å². The van der Waals surface area contributed by atoms with E-state index in [9.17, 15) is 0 Å². The van der Waals surface area contributed by atoms with Gasteiger partial charge in [0, 0.05) is 0 Å². The van der Waals surface area contributed by atoms with Gasteiger partial charge in [0.1, 0.15) is 5.75 Å². The number of rotatable bonds is 8. The molecule has 17 heavy (non-hydrogen) atoms. The molecule has 0 unspecified atom stereocenters. The summed E-state index contributed by atoms with van der Waals surface area (Å²) in [4.78, 5) is 0. The standard InChI is InChI=1S/C16H26O/c1-4-8-15(9-5-2)13-17-16-11-7-10-14(6-3)12-16/h7,10-12,15H,4-6,8-9,13H2,1-3H3. The van der Waals surface area contributed by atoms with E-state index in [4.69, 9.17) is 4.74 Å². The van der Waals surface area contributed by atoms with Crippen molar-refractivity contribution in [1.29, 1.82) is 0 Å². The van der Waals surface area contributed by atoms with Crippen LogP contribution >= 0.6 is 0 Å². The number of benzene rings is 1. The lowest BCUT2D eigenvalue weighted by Gasteiger charge is -2.16. The van der Waals surface area contributed by atoms with E-state index in [-0.39, 0.29) is 0 Å². The summed E-state index contributed by atoms with van der Waals surface area (Å²) in [6.45, 7) is 7.55. The third-order valence-electron chi connectivity index (χ3n) is 3.19. The first kappa shape index (κ1) is 14.1. The molecule has 0 fully saturated rings. The van der Waals surface area contributed by atoms with Gasteiger partial charge in [0.2, 0.25) is 0 Å². The quantitative estimate of drug-likeness (QED) is 0.625. The Morgan fingerprint density at radius 1 is 1.06 bits per heavy atom. The van der Waals surface area contributed by atoms with E-state index in [0.29, 0.717) is 0 Å². The third kappa shape index (κ3) is 5.25. The van der Waals surface area contributed by atoms with E-state index in [1.165, 1.54) is 31.2 Å². The van der Waals surface area contributed by atoms with Crippen LogP contribution in [0.25, 0.3) is 0 Å². The van der Waals surface area contributed by atoms with Crippen LogP contribution < -0.4 is 4.74 Å². The fourth-order valence-corrected chi connectivity index (χ4v) is 2.20. The van der Waals surface area contributed by atoms with Gasteiger partial charge in [-0.2, -0.15) is 0 Å². The maximum absolute atomic E-state index is 5.92. The van der Waals surface area contributed by atoms with E-state index < -0.39 is 0 Å². The van der Waals surface area contributed by atoms with E-state index in [1.807, 2.05) is 0 Å².